The van der Waals surface area contributed by atoms with E-state index in [0.717, 1.165) is 27.8 Å². The van der Waals surface area contributed by atoms with E-state index in [9.17, 15) is 14.4 Å². The second-order valence-electron chi connectivity index (χ2n) is 11.3. The fraction of sp³-hybridized carbons (Fsp3) is 0.375. The van der Waals surface area contributed by atoms with E-state index in [-0.39, 0.29) is 24.4 Å². The summed E-state index contributed by atoms with van der Waals surface area (Å²) in [4.78, 5) is 43.0. The number of nitrogens with one attached hydrogen (secondary N) is 2. The van der Waals surface area contributed by atoms with Gasteiger partial charge < -0.3 is 20.1 Å². The molecule has 2 atom stereocenters. The molecule has 8 nitrogen and oxygen atoms in total. The van der Waals surface area contributed by atoms with Crippen LogP contribution in [0.1, 0.15) is 56.2 Å². The number of hydrogen-bond acceptors (Lipinski definition) is 6. The van der Waals surface area contributed by atoms with Crippen LogP contribution in [0.5, 0.6) is 0 Å². The van der Waals surface area contributed by atoms with E-state index in [4.69, 9.17) is 9.47 Å². The van der Waals surface area contributed by atoms with Gasteiger partial charge in [-0.05, 0) is 52.1 Å². The molecule has 1 heterocycles. The Morgan fingerprint density at radius 3 is 2.12 bits per heavy atom. The zero-order chi connectivity index (χ0) is 28.7. The fourth-order valence-electron chi connectivity index (χ4n) is 4.99. The summed E-state index contributed by atoms with van der Waals surface area (Å²) in [6.45, 7) is 6.31. The molecule has 0 radical (unpaired) electrons. The van der Waals surface area contributed by atoms with Crippen LogP contribution in [-0.2, 0) is 25.5 Å². The molecule has 2 N–H and O–H groups in total. The Bertz CT molecular complexity index is 1290. The smallest absolute Gasteiger partial charge is 0.407 e. The van der Waals surface area contributed by atoms with E-state index >= 15 is 0 Å². The molecule has 0 spiro atoms. The molecule has 0 fully saturated rings. The first-order valence-corrected chi connectivity index (χ1v) is 13.5. The summed E-state index contributed by atoms with van der Waals surface area (Å²) < 4.78 is 10.6. The van der Waals surface area contributed by atoms with E-state index in [2.05, 4.69) is 48.5 Å². The maximum absolute atomic E-state index is 13.4. The van der Waals surface area contributed by atoms with Gasteiger partial charge in [0.25, 0.3) is 0 Å². The SMILES string of the molecule is COC(=O)[C@H](CCC(C)(C)C)NC(=O)[C@H](Cc1cccnc1)NC(=O)OCC1c2ccccc2-c2ccccc21. The van der Waals surface area contributed by atoms with Crippen molar-refractivity contribution in [3.8, 4) is 11.1 Å². The van der Waals surface area contributed by atoms with E-state index in [1.54, 1.807) is 18.5 Å². The zero-order valence-corrected chi connectivity index (χ0v) is 23.5. The van der Waals surface area contributed by atoms with Gasteiger partial charge >= 0.3 is 12.1 Å². The van der Waals surface area contributed by atoms with Crippen LogP contribution in [0, 0.1) is 5.41 Å². The summed E-state index contributed by atoms with van der Waals surface area (Å²) in [5, 5.41) is 5.50. The largest absolute Gasteiger partial charge is 0.467 e. The predicted octanol–water partition coefficient (Wildman–Crippen LogP) is 5.02. The van der Waals surface area contributed by atoms with Gasteiger partial charge in [0.2, 0.25) is 5.91 Å². The van der Waals surface area contributed by atoms with Crippen LogP contribution in [-0.4, -0.2) is 48.8 Å². The second-order valence-corrected chi connectivity index (χ2v) is 11.3. The number of hydrogen-bond donors (Lipinski definition) is 2. The first-order chi connectivity index (χ1) is 19.2. The lowest BCUT2D eigenvalue weighted by atomic mass is 9.88. The highest BCUT2D eigenvalue weighted by atomic mass is 16.5. The van der Waals surface area contributed by atoms with Crippen molar-refractivity contribution < 1.29 is 23.9 Å². The Hall–Kier alpha value is -4.20. The van der Waals surface area contributed by atoms with E-state index in [0.29, 0.717) is 12.8 Å². The van der Waals surface area contributed by atoms with Crippen molar-refractivity contribution in [1.29, 1.82) is 0 Å². The minimum Gasteiger partial charge on any atom is -0.467 e. The molecule has 0 aliphatic heterocycles. The number of pyridine rings is 1. The fourth-order valence-corrected chi connectivity index (χ4v) is 4.99. The number of rotatable bonds is 10. The van der Waals surface area contributed by atoms with Crippen molar-refractivity contribution in [2.24, 2.45) is 5.41 Å². The molecule has 2 amide bonds. The summed E-state index contributed by atoms with van der Waals surface area (Å²) in [5.74, 6) is -1.13. The number of amides is 2. The Labute approximate surface area is 235 Å². The molecule has 8 heteroatoms. The third kappa shape index (κ3) is 7.25. The molecule has 0 unspecified atom stereocenters. The number of methoxy groups -OCH3 is 1. The molecular formula is C32H37N3O5. The molecule has 1 aromatic heterocycles. The number of carbonyl (C=O) groups excluding carboxylic acids is 3. The molecule has 0 saturated heterocycles. The highest BCUT2D eigenvalue weighted by Crippen LogP contribution is 2.44. The van der Waals surface area contributed by atoms with Gasteiger partial charge in [-0.2, -0.15) is 0 Å². The monoisotopic (exact) mass is 543 g/mol. The highest BCUT2D eigenvalue weighted by Gasteiger charge is 2.31. The number of alkyl carbamates (subject to hydrolysis) is 1. The first kappa shape index (κ1) is 28.8. The van der Waals surface area contributed by atoms with Gasteiger partial charge in [-0.3, -0.25) is 9.78 Å². The maximum Gasteiger partial charge on any atom is 0.407 e. The Morgan fingerprint density at radius 2 is 1.55 bits per heavy atom. The van der Waals surface area contributed by atoms with Gasteiger partial charge in [0.15, 0.2) is 0 Å². The van der Waals surface area contributed by atoms with Crippen LogP contribution >= 0.6 is 0 Å². The topological polar surface area (TPSA) is 107 Å². The standard InChI is InChI=1S/C32H37N3O5/c1-32(2,3)16-15-27(30(37)39-4)34-29(36)28(18-21-10-9-17-33-19-21)35-31(38)40-20-26-24-13-7-5-11-22(24)23-12-6-8-14-25(23)26/h5-14,17,19,26-28H,15-16,18,20H2,1-4H3,(H,34,36)(H,35,38)/t27-,28-/m0/s1. The van der Waals surface area contributed by atoms with Crippen molar-refractivity contribution in [2.75, 3.05) is 13.7 Å². The van der Waals surface area contributed by atoms with E-state index < -0.39 is 30.1 Å². The molecule has 1 aliphatic carbocycles. The summed E-state index contributed by atoms with van der Waals surface area (Å²) >= 11 is 0. The molecular weight excluding hydrogens is 506 g/mol. The molecule has 210 valence electrons. The van der Waals surface area contributed by atoms with E-state index in [1.807, 2.05) is 42.5 Å². The van der Waals surface area contributed by atoms with Gasteiger partial charge in [-0.1, -0.05) is 75.4 Å². The molecule has 0 saturated carbocycles. The molecule has 1 aliphatic rings. The zero-order valence-electron chi connectivity index (χ0n) is 23.5. The summed E-state index contributed by atoms with van der Waals surface area (Å²) in [6.07, 6.45) is 3.84. The molecule has 2 aromatic carbocycles. The third-order valence-corrected chi connectivity index (χ3v) is 7.10. The Balaban J connectivity index is 1.46. The Kier molecular flexibility index (Phi) is 9.19. The summed E-state index contributed by atoms with van der Waals surface area (Å²) in [7, 11) is 1.29. The number of aromatic nitrogens is 1. The number of fused-ring (bicyclic) bond motifs is 3. The molecule has 40 heavy (non-hydrogen) atoms. The van der Waals surface area contributed by atoms with Gasteiger partial charge in [0.05, 0.1) is 7.11 Å². The van der Waals surface area contributed by atoms with Gasteiger partial charge in [0, 0.05) is 24.7 Å². The van der Waals surface area contributed by atoms with Gasteiger partial charge in [0.1, 0.15) is 18.7 Å². The minimum absolute atomic E-state index is 0.0361. The van der Waals surface area contributed by atoms with Crippen LogP contribution < -0.4 is 10.6 Å². The van der Waals surface area contributed by atoms with Crippen molar-refractivity contribution in [3.63, 3.8) is 0 Å². The van der Waals surface area contributed by atoms with Crippen molar-refractivity contribution in [2.45, 2.75) is 58.0 Å². The third-order valence-electron chi connectivity index (χ3n) is 7.10. The molecule has 3 aromatic rings. The van der Waals surface area contributed by atoms with Gasteiger partial charge in [-0.15, -0.1) is 0 Å². The highest BCUT2D eigenvalue weighted by molar-refractivity contribution is 5.90. The van der Waals surface area contributed by atoms with Crippen LogP contribution in [0.25, 0.3) is 11.1 Å². The first-order valence-electron chi connectivity index (χ1n) is 13.5. The number of nitrogens with zero attached hydrogens (tertiary/aromatic N) is 1. The number of esters is 1. The van der Waals surface area contributed by atoms with Crippen LogP contribution in [0.4, 0.5) is 4.79 Å². The van der Waals surface area contributed by atoms with Gasteiger partial charge in [-0.25, -0.2) is 9.59 Å². The number of ether oxygens (including phenoxy) is 2. The van der Waals surface area contributed by atoms with Crippen LogP contribution in [0.15, 0.2) is 73.1 Å². The number of benzene rings is 2. The second kappa shape index (κ2) is 12.8. The van der Waals surface area contributed by atoms with Crippen LogP contribution in [0.2, 0.25) is 0 Å². The van der Waals surface area contributed by atoms with Crippen molar-refractivity contribution >= 4 is 18.0 Å². The normalized spacial score (nSPS) is 13.9. The minimum atomic E-state index is -0.985. The van der Waals surface area contributed by atoms with E-state index in [1.165, 1.54) is 7.11 Å². The van der Waals surface area contributed by atoms with Crippen molar-refractivity contribution in [1.82, 2.24) is 15.6 Å². The lowest BCUT2D eigenvalue weighted by Crippen LogP contribution is -2.53. The quantitative estimate of drug-likeness (QED) is 0.348. The van der Waals surface area contributed by atoms with Crippen molar-refractivity contribution in [3.05, 3.63) is 89.7 Å². The summed E-state index contributed by atoms with van der Waals surface area (Å²) in [6, 6.07) is 17.9. The summed E-state index contributed by atoms with van der Waals surface area (Å²) in [5.41, 5.74) is 5.17. The molecule has 0 bridgehead atoms. The number of carbonyl (C=O) groups is 3. The predicted molar refractivity (Wildman–Crippen MR) is 153 cm³/mol. The lowest BCUT2D eigenvalue weighted by molar-refractivity contribution is -0.145. The Morgan fingerprint density at radius 1 is 0.900 bits per heavy atom. The average Bonchev–Trinajstić information content (AvgIpc) is 3.27. The molecule has 4 rings (SSSR count). The van der Waals surface area contributed by atoms with Crippen LogP contribution in [0.3, 0.4) is 0 Å². The average molecular weight is 544 g/mol. The lowest BCUT2D eigenvalue weighted by Gasteiger charge is -2.25. The maximum atomic E-state index is 13.4.